The lowest BCUT2D eigenvalue weighted by Crippen LogP contribution is -2.37. The number of carbonyl (C=O) groups is 1. The topological polar surface area (TPSA) is 104 Å². The number of furan rings is 1. The molecule has 4 aromatic rings. The molecule has 1 amide bonds. The Kier molecular flexibility index (Phi) is 4.36. The van der Waals surface area contributed by atoms with Crippen LogP contribution in [0.25, 0.3) is 28.1 Å². The van der Waals surface area contributed by atoms with Crippen molar-refractivity contribution in [1.82, 2.24) is 24.5 Å². The summed E-state index contributed by atoms with van der Waals surface area (Å²) in [5, 5.41) is 7.34. The second-order valence-corrected chi connectivity index (χ2v) is 6.98. The lowest BCUT2D eigenvalue weighted by atomic mass is 10.2. The summed E-state index contributed by atoms with van der Waals surface area (Å²) >= 11 is 0. The van der Waals surface area contributed by atoms with Crippen molar-refractivity contribution in [3.8, 4) is 11.5 Å². The van der Waals surface area contributed by atoms with Crippen molar-refractivity contribution in [2.45, 2.75) is 25.5 Å². The van der Waals surface area contributed by atoms with E-state index in [1.165, 1.54) is 9.08 Å². The molecule has 0 saturated carbocycles. The predicted molar refractivity (Wildman–Crippen MR) is 104 cm³/mol. The summed E-state index contributed by atoms with van der Waals surface area (Å²) < 4.78 is 13.8. The van der Waals surface area contributed by atoms with Crippen LogP contribution < -0.4 is 10.9 Å². The molecule has 4 aromatic heterocycles. The second-order valence-electron chi connectivity index (χ2n) is 6.98. The Balaban J connectivity index is 1.54. The van der Waals surface area contributed by atoms with Crippen LogP contribution in [0.15, 0.2) is 52.0 Å². The molecule has 1 fully saturated rings. The number of pyridine rings is 1. The molecule has 1 aliphatic rings. The fraction of sp³-hybridized carbons (Fsp3) is 0.300. The van der Waals surface area contributed by atoms with Crippen molar-refractivity contribution < 1.29 is 13.9 Å². The fourth-order valence-corrected chi connectivity index (χ4v) is 3.64. The first-order chi connectivity index (χ1) is 14.2. The number of hydrogen-bond donors (Lipinski definition) is 1. The molecule has 148 valence electrons. The van der Waals surface area contributed by atoms with Crippen LogP contribution in [0.4, 0.5) is 0 Å². The summed E-state index contributed by atoms with van der Waals surface area (Å²) in [5.41, 5.74) is 1.57. The van der Waals surface area contributed by atoms with E-state index in [2.05, 4.69) is 15.4 Å². The molecule has 0 radical (unpaired) electrons. The monoisotopic (exact) mass is 393 g/mol. The van der Waals surface area contributed by atoms with Gasteiger partial charge in [0.2, 0.25) is 5.91 Å². The zero-order valence-electron chi connectivity index (χ0n) is 15.6. The average molecular weight is 393 g/mol. The number of rotatable bonds is 5. The van der Waals surface area contributed by atoms with Crippen molar-refractivity contribution in [3.05, 3.63) is 53.1 Å². The number of ether oxygens (including phenoxy) is 1. The minimum absolute atomic E-state index is 0.0437. The van der Waals surface area contributed by atoms with Gasteiger partial charge in [0.1, 0.15) is 17.8 Å². The molecule has 0 aliphatic carbocycles. The molecule has 1 N–H and O–H groups in total. The molecule has 0 bridgehead atoms. The van der Waals surface area contributed by atoms with Gasteiger partial charge in [-0.2, -0.15) is 5.10 Å². The molecule has 9 heteroatoms. The lowest BCUT2D eigenvalue weighted by molar-refractivity contribution is -0.122. The molecule has 1 aliphatic heterocycles. The Morgan fingerprint density at radius 1 is 1.28 bits per heavy atom. The van der Waals surface area contributed by atoms with Gasteiger partial charge in [0, 0.05) is 25.4 Å². The molecule has 29 heavy (non-hydrogen) atoms. The van der Waals surface area contributed by atoms with Crippen LogP contribution in [0.5, 0.6) is 0 Å². The number of amides is 1. The molecule has 1 atom stereocenters. The molecular formula is C20H19N5O4. The summed E-state index contributed by atoms with van der Waals surface area (Å²) in [6.07, 6.45) is 5.16. The average Bonchev–Trinajstić information content (AvgIpc) is 3.50. The van der Waals surface area contributed by atoms with Crippen molar-refractivity contribution in [3.63, 3.8) is 0 Å². The quantitative estimate of drug-likeness (QED) is 0.552. The maximum Gasteiger partial charge on any atom is 0.277 e. The van der Waals surface area contributed by atoms with E-state index in [0.29, 0.717) is 34.7 Å². The molecule has 1 saturated heterocycles. The third kappa shape index (κ3) is 3.19. The Labute approximate surface area is 164 Å². The molecular weight excluding hydrogens is 374 g/mol. The maximum absolute atomic E-state index is 13.2. The van der Waals surface area contributed by atoms with Crippen LogP contribution in [-0.4, -0.2) is 44.3 Å². The Morgan fingerprint density at radius 3 is 3.00 bits per heavy atom. The van der Waals surface area contributed by atoms with E-state index in [4.69, 9.17) is 9.15 Å². The zero-order chi connectivity index (χ0) is 19.8. The standard InChI is InChI=1S/C20H19N5O4/c26-18(22-11-13-4-2-8-28-13)12-24-15-5-1-7-21-19(15)25-16(20(24)27)10-14(23-25)17-6-3-9-29-17/h1,3,5-7,9-10,13H,2,4,8,11-12H2,(H,22,26). The highest BCUT2D eigenvalue weighted by Crippen LogP contribution is 2.21. The lowest BCUT2D eigenvalue weighted by Gasteiger charge is -2.13. The summed E-state index contributed by atoms with van der Waals surface area (Å²) in [6, 6.07) is 8.66. The third-order valence-electron chi connectivity index (χ3n) is 5.06. The highest BCUT2D eigenvalue weighted by Gasteiger charge is 2.19. The molecule has 0 aromatic carbocycles. The Hall–Kier alpha value is -3.46. The van der Waals surface area contributed by atoms with E-state index in [0.717, 1.165) is 19.4 Å². The van der Waals surface area contributed by atoms with Gasteiger partial charge in [-0.3, -0.25) is 14.2 Å². The first-order valence-corrected chi connectivity index (χ1v) is 9.50. The molecule has 9 nitrogen and oxygen atoms in total. The number of carbonyl (C=O) groups excluding carboxylic acids is 1. The van der Waals surface area contributed by atoms with Crippen LogP contribution in [0.2, 0.25) is 0 Å². The first-order valence-electron chi connectivity index (χ1n) is 9.50. The maximum atomic E-state index is 13.2. The smallest absolute Gasteiger partial charge is 0.277 e. The predicted octanol–water partition coefficient (Wildman–Crippen LogP) is 1.60. The van der Waals surface area contributed by atoms with Crippen LogP contribution >= 0.6 is 0 Å². The van der Waals surface area contributed by atoms with Crippen LogP contribution in [0.1, 0.15) is 12.8 Å². The Bertz CT molecular complexity index is 1240. The van der Waals surface area contributed by atoms with Gasteiger partial charge >= 0.3 is 0 Å². The van der Waals surface area contributed by atoms with E-state index < -0.39 is 0 Å². The van der Waals surface area contributed by atoms with E-state index in [-0.39, 0.29) is 24.1 Å². The van der Waals surface area contributed by atoms with E-state index in [9.17, 15) is 9.59 Å². The van der Waals surface area contributed by atoms with Gasteiger partial charge in [-0.25, -0.2) is 9.50 Å². The van der Waals surface area contributed by atoms with Crippen LogP contribution in [0.3, 0.4) is 0 Å². The number of fused-ring (bicyclic) bond motifs is 3. The third-order valence-corrected chi connectivity index (χ3v) is 5.06. The summed E-state index contributed by atoms with van der Waals surface area (Å²) in [4.78, 5) is 30.0. The number of nitrogens with one attached hydrogen (secondary N) is 1. The van der Waals surface area contributed by atoms with Crippen LogP contribution in [0, 0.1) is 0 Å². The van der Waals surface area contributed by atoms with Gasteiger partial charge < -0.3 is 14.5 Å². The number of hydrogen-bond acceptors (Lipinski definition) is 6. The Morgan fingerprint density at radius 2 is 2.21 bits per heavy atom. The van der Waals surface area contributed by atoms with Gasteiger partial charge in [0.25, 0.3) is 5.56 Å². The van der Waals surface area contributed by atoms with E-state index in [1.54, 1.807) is 42.8 Å². The first kappa shape index (κ1) is 17.6. The second kappa shape index (κ2) is 7.17. The number of nitrogens with zero attached hydrogens (tertiary/aromatic N) is 4. The minimum Gasteiger partial charge on any atom is -0.463 e. The highest BCUT2D eigenvalue weighted by molar-refractivity contribution is 5.81. The van der Waals surface area contributed by atoms with Crippen molar-refractivity contribution in [1.29, 1.82) is 0 Å². The number of aromatic nitrogens is 4. The van der Waals surface area contributed by atoms with Gasteiger partial charge in [-0.05, 0) is 37.1 Å². The molecule has 0 spiro atoms. The van der Waals surface area contributed by atoms with Crippen LogP contribution in [-0.2, 0) is 16.1 Å². The molecule has 5 rings (SSSR count). The van der Waals surface area contributed by atoms with Crippen molar-refractivity contribution in [2.75, 3.05) is 13.2 Å². The van der Waals surface area contributed by atoms with Gasteiger partial charge in [0.15, 0.2) is 11.4 Å². The van der Waals surface area contributed by atoms with Gasteiger partial charge in [-0.1, -0.05) is 0 Å². The molecule has 1 unspecified atom stereocenters. The summed E-state index contributed by atoms with van der Waals surface area (Å²) in [5.74, 6) is 0.306. The highest BCUT2D eigenvalue weighted by atomic mass is 16.5. The van der Waals surface area contributed by atoms with E-state index in [1.807, 2.05) is 0 Å². The fourth-order valence-electron chi connectivity index (χ4n) is 3.64. The normalized spacial score (nSPS) is 16.6. The SMILES string of the molecule is O=C(Cn1c(=O)c2cc(-c3ccco3)nn2c2ncccc21)NCC1CCCO1. The summed E-state index contributed by atoms with van der Waals surface area (Å²) in [6.45, 7) is 1.07. The zero-order valence-corrected chi connectivity index (χ0v) is 15.6. The van der Waals surface area contributed by atoms with Crippen molar-refractivity contribution in [2.24, 2.45) is 0 Å². The molecule has 5 heterocycles. The van der Waals surface area contributed by atoms with E-state index >= 15 is 0 Å². The van der Waals surface area contributed by atoms with Crippen molar-refractivity contribution >= 4 is 22.6 Å². The van der Waals surface area contributed by atoms with Gasteiger partial charge in [0.05, 0.1) is 17.9 Å². The van der Waals surface area contributed by atoms with Gasteiger partial charge in [-0.15, -0.1) is 0 Å². The summed E-state index contributed by atoms with van der Waals surface area (Å²) in [7, 11) is 0. The minimum atomic E-state index is -0.317. The largest absolute Gasteiger partial charge is 0.463 e.